The van der Waals surface area contributed by atoms with E-state index in [0.717, 1.165) is 57.8 Å². The molecule has 0 radical (unpaired) electrons. The lowest BCUT2D eigenvalue weighted by molar-refractivity contribution is -0.161. The smallest absolute Gasteiger partial charge is 0.462 e. The molecule has 0 bridgehead atoms. The van der Waals surface area contributed by atoms with Crippen LogP contribution in [0.1, 0.15) is 284 Å². The first-order valence-corrected chi connectivity index (χ1v) is 30.6. The van der Waals surface area contributed by atoms with Crippen LogP contribution in [0.2, 0.25) is 0 Å². The lowest BCUT2D eigenvalue weighted by Crippen LogP contribution is -2.29. The number of ether oxygens (including phenoxy) is 2. The number of carbonyl (C=O) groups is 2. The van der Waals surface area contributed by atoms with E-state index in [1.54, 1.807) is 0 Å². The Kier molecular flexibility index (Phi) is 53.7. The summed E-state index contributed by atoms with van der Waals surface area (Å²) in [7, 11) is -4.38. The maximum atomic E-state index is 12.7. The van der Waals surface area contributed by atoms with E-state index in [1.807, 2.05) is 0 Å². The minimum absolute atomic E-state index is 0.0557. The molecule has 0 aliphatic rings. The van der Waals surface area contributed by atoms with Crippen molar-refractivity contribution in [1.29, 1.82) is 0 Å². The SMILES string of the molecule is CC/C=C\C/C=C\C/C=C\C/C=C\CCCCCCCCCCCCCCCCCCCCCCCCC(=O)OC(COC(=O)CCCCCCCCCCCCCCC)COP(=O)(O)OCCN. The summed E-state index contributed by atoms with van der Waals surface area (Å²) >= 11 is 0. The molecular formula is C59H110NO8P. The lowest BCUT2D eigenvalue weighted by atomic mass is 10.0. The molecule has 404 valence electrons. The van der Waals surface area contributed by atoms with Crippen molar-refractivity contribution in [2.24, 2.45) is 5.73 Å². The third-order valence-corrected chi connectivity index (χ3v) is 13.7. The third-order valence-electron chi connectivity index (χ3n) is 12.7. The van der Waals surface area contributed by atoms with Crippen LogP contribution < -0.4 is 5.73 Å². The second kappa shape index (κ2) is 55.3. The van der Waals surface area contributed by atoms with E-state index in [1.165, 1.54) is 193 Å². The number of phosphoric ester groups is 1. The van der Waals surface area contributed by atoms with Crippen LogP contribution in [0.3, 0.4) is 0 Å². The number of allylic oxidation sites excluding steroid dienone is 8. The molecule has 0 fully saturated rings. The highest BCUT2D eigenvalue weighted by atomic mass is 31.2. The summed E-state index contributed by atoms with van der Waals surface area (Å²) in [4.78, 5) is 35.1. The molecule has 69 heavy (non-hydrogen) atoms. The van der Waals surface area contributed by atoms with E-state index in [9.17, 15) is 19.0 Å². The molecule has 0 saturated carbocycles. The first-order valence-electron chi connectivity index (χ1n) is 29.1. The molecule has 0 aliphatic carbocycles. The predicted octanol–water partition coefficient (Wildman–Crippen LogP) is 18.2. The van der Waals surface area contributed by atoms with Crippen molar-refractivity contribution < 1.29 is 37.6 Å². The molecule has 0 heterocycles. The molecule has 9 nitrogen and oxygen atoms in total. The topological polar surface area (TPSA) is 134 Å². The van der Waals surface area contributed by atoms with E-state index in [-0.39, 0.29) is 38.6 Å². The normalized spacial score (nSPS) is 13.4. The van der Waals surface area contributed by atoms with E-state index in [4.69, 9.17) is 24.3 Å². The first kappa shape index (κ1) is 67.0. The molecule has 0 amide bonds. The number of rotatable bonds is 55. The first-order chi connectivity index (χ1) is 33.8. The number of carbonyl (C=O) groups excluding carboxylic acids is 2. The van der Waals surface area contributed by atoms with Crippen molar-refractivity contribution in [1.82, 2.24) is 0 Å². The summed E-state index contributed by atoms with van der Waals surface area (Å²) in [5.74, 6) is -0.813. The molecule has 0 rings (SSSR count). The van der Waals surface area contributed by atoms with Crippen LogP contribution in [-0.2, 0) is 32.7 Å². The number of hydrogen-bond donors (Lipinski definition) is 2. The maximum Gasteiger partial charge on any atom is 0.472 e. The zero-order chi connectivity index (χ0) is 50.2. The second-order valence-corrected chi connectivity index (χ2v) is 20.9. The molecule has 0 aromatic carbocycles. The summed E-state index contributed by atoms with van der Waals surface area (Å²) in [5, 5.41) is 0. The minimum Gasteiger partial charge on any atom is -0.462 e. The van der Waals surface area contributed by atoms with Gasteiger partial charge in [-0.25, -0.2) is 4.57 Å². The Labute approximate surface area is 426 Å². The monoisotopic (exact) mass is 992 g/mol. The molecule has 10 heteroatoms. The van der Waals surface area contributed by atoms with E-state index in [2.05, 4.69) is 62.5 Å². The largest absolute Gasteiger partial charge is 0.472 e. The molecular weight excluding hydrogens is 882 g/mol. The van der Waals surface area contributed by atoms with Crippen LogP contribution in [0.15, 0.2) is 48.6 Å². The van der Waals surface area contributed by atoms with Gasteiger partial charge in [0.25, 0.3) is 0 Å². The highest BCUT2D eigenvalue weighted by Gasteiger charge is 2.26. The number of phosphoric acid groups is 1. The van der Waals surface area contributed by atoms with Gasteiger partial charge in [-0.1, -0.05) is 268 Å². The lowest BCUT2D eigenvalue weighted by Gasteiger charge is -2.19. The van der Waals surface area contributed by atoms with Gasteiger partial charge in [0.15, 0.2) is 6.10 Å². The third kappa shape index (κ3) is 55.1. The van der Waals surface area contributed by atoms with Crippen LogP contribution in [0.5, 0.6) is 0 Å². The fourth-order valence-corrected chi connectivity index (χ4v) is 9.22. The highest BCUT2D eigenvalue weighted by Crippen LogP contribution is 2.43. The van der Waals surface area contributed by atoms with Crippen molar-refractivity contribution in [3.8, 4) is 0 Å². The Hall–Kier alpha value is -2.03. The quantitative estimate of drug-likeness (QED) is 0.0264. The fraction of sp³-hybridized carbons (Fsp3) is 0.831. The Bertz CT molecular complexity index is 1270. The van der Waals surface area contributed by atoms with E-state index in [0.29, 0.717) is 6.42 Å². The summed E-state index contributed by atoms with van der Waals surface area (Å²) < 4.78 is 33.0. The summed E-state index contributed by atoms with van der Waals surface area (Å²) in [6, 6.07) is 0. The summed E-state index contributed by atoms with van der Waals surface area (Å²) in [6.45, 7) is 3.66. The van der Waals surface area contributed by atoms with Crippen LogP contribution in [0, 0.1) is 0 Å². The standard InChI is InChI=1S/C59H110NO8P/c1-3-5-7-9-11-13-15-17-18-19-20-21-22-23-24-25-26-27-28-29-30-31-32-33-34-35-36-37-38-40-42-44-46-48-50-52-59(62)68-57(56-67-69(63,64)66-54-53-60)55-65-58(61)51-49-47-45-43-41-39-16-14-12-10-8-6-4-2/h5,7,11,13,17-18,20-21,57H,3-4,6,8-10,12,14-16,19,22-56,60H2,1-2H3,(H,63,64)/b7-5-,13-11-,18-17-,21-20-. The van der Waals surface area contributed by atoms with Gasteiger partial charge in [0, 0.05) is 19.4 Å². The molecule has 0 aromatic heterocycles. The van der Waals surface area contributed by atoms with Crippen molar-refractivity contribution in [3.05, 3.63) is 48.6 Å². The van der Waals surface area contributed by atoms with Gasteiger partial charge in [0.2, 0.25) is 0 Å². The maximum absolute atomic E-state index is 12.7. The number of esters is 2. The molecule has 0 aliphatic heterocycles. The van der Waals surface area contributed by atoms with Crippen LogP contribution in [0.4, 0.5) is 0 Å². The van der Waals surface area contributed by atoms with Gasteiger partial charge < -0.3 is 20.1 Å². The number of unbranched alkanes of at least 4 members (excludes halogenated alkanes) is 34. The van der Waals surface area contributed by atoms with E-state index < -0.39 is 26.5 Å². The predicted molar refractivity (Wildman–Crippen MR) is 293 cm³/mol. The van der Waals surface area contributed by atoms with Crippen LogP contribution in [0.25, 0.3) is 0 Å². The number of hydrogen-bond acceptors (Lipinski definition) is 8. The van der Waals surface area contributed by atoms with E-state index >= 15 is 0 Å². The average Bonchev–Trinajstić information content (AvgIpc) is 3.34. The van der Waals surface area contributed by atoms with Crippen molar-refractivity contribution in [2.45, 2.75) is 290 Å². The van der Waals surface area contributed by atoms with Crippen LogP contribution in [-0.4, -0.2) is 49.3 Å². The molecule has 2 atom stereocenters. The van der Waals surface area contributed by atoms with Gasteiger partial charge in [-0.3, -0.25) is 18.6 Å². The van der Waals surface area contributed by atoms with Gasteiger partial charge in [-0.2, -0.15) is 0 Å². The Morgan fingerprint density at radius 1 is 0.449 bits per heavy atom. The Morgan fingerprint density at radius 2 is 0.797 bits per heavy atom. The van der Waals surface area contributed by atoms with Crippen molar-refractivity contribution in [3.63, 3.8) is 0 Å². The fourth-order valence-electron chi connectivity index (χ4n) is 8.45. The molecule has 0 saturated heterocycles. The summed E-state index contributed by atoms with van der Waals surface area (Å²) in [6.07, 6.45) is 67.6. The molecule has 0 spiro atoms. The molecule has 0 aromatic rings. The van der Waals surface area contributed by atoms with Gasteiger partial charge in [-0.05, 0) is 51.4 Å². The van der Waals surface area contributed by atoms with Gasteiger partial charge in [0.05, 0.1) is 13.2 Å². The van der Waals surface area contributed by atoms with Gasteiger partial charge in [0.1, 0.15) is 6.61 Å². The Morgan fingerprint density at radius 3 is 1.19 bits per heavy atom. The molecule has 3 N–H and O–H groups in total. The van der Waals surface area contributed by atoms with Gasteiger partial charge in [-0.15, -0.1) is 0 Å². The Balaban J connectivity index is 3.80. The van der Waals surface area contributed by atoms with Crippen LogP contribution >= 0.6 is 7.82 Å². The van der Waals surface area contributed by atoms with Crippen molar-refractivity contribution in [2.75, 3.05) is 26.4 Å². The minimum atomic E-state index is -4.38. The molecule has 2 unspecified atom stereocenters. The average molecular weight is 993 g/mol. The second-order valence-electron chi connectivity index (χ2n) is 19.5. The summed E-state index contributed by atoms with van der Waals surface area (Å²) in [5.41, 5.74) is 5.37. The zero-order valence-corrected chi connectivity index (χ0v) is 45.9. The zero-order valence-electron chi connectivity index (χ0n) is 45.1. The van der Waals surface area contributed by atoms with Gasteiger partial charge >= 0.3 is 19.8 Å². The highest BCUT2D eigenvalue weighted by molar-refractivity contribution is 7.47. The number of nitrogens with two attached hydrogens (primary N) is 1. The van der Waals surface area contributed by atoms with Crippen molar-refractivity contribution >= 4 is 19.8 Å².